The summed E-state index contributed by atoms with van der Waals surface area (Å²) in [7, 11) is 0. The first-order valence-corrected chi connectivity index (χ1v) is 5.12. The van der Waals surface area contributed by atoms with Gasteiger partial charge in [0.2, 0.25) is 0 Å². The quantitative estimate of drug-likeness (QED) is 0.649. The van der Waals surface area contributed by atoms with Gasteiger partial charge in [-0.05, 0) is 19.1 Å². The summed E-state index contributed by atoms with van der Waals surface area (Å²) in [5.74, 6) is -2.95. The molecule has 0 fully saturated rings. The maximum atomic E-state index is 12.8. The highest BCUT2D eigenvalue weighted by Crippen LogP contribution is 2.28. The van der Waals surface area contributed by atoms with Crippen LogP contribution in [0.4, 0.5) is 18.9 Å². The molecule has 0 heterocycles. The van der Waals surface area contributed by atoms with Crippen LogP contribution in [-0.4, -0.2) is 24.7 Å². The zero-order valence-electron chi connectivity index (χ0n) is 9.49. The minimum atomic E-state index is -4.95. The second-order valence-corrected chi connectivity index (χ2v) is 3.30. The van der Waals surface area contributed by atoms with Crippen LogP contribution in [0.1, 0.15) is 6.92 Å². The van der Waals surface area contributed by atoms with Gasteiger partial charge >= 0.3 is 18.1 Å². The molecule has 98 valence electrons. The third-order valence-electron chi connectivity index (χ3n) is 2.00. The predicted octanol–water partition coefficient (Wildman–Crippen LogP) is 1.68. The highest BCUT2D eigenvalue weighted by molar-refractivity contribution is 6.40. The van der Waals surface area contributed by atoms with Gasteiger partial charge in [-0.2, -0.15) is 0 Å². The lowest BCUT2D eigenvalue weighted by Gasteiger charge is -2.24. The normalized spacial score (nSPS) is 10.9. The van der Waals surface area contributed by atoms with Gasteiger partial charge in [-0.1, -0.05) is 18.2 Å². The summed E-state index contributed by atoms with van der Waals surface area (Å²) in [5, 5.41) is 2.04. The molecule has 1 N–H and O–H groups in total. The highest BCUT2D eigenvalue weighted by atomic mass is 19.4. The van der Waals surface area contributed by atoms with Crippen LogP contribution in [-0.2, 0) is 9.59 Å². The Bertz CT molecular complexity index is 432. The third kappa shape index (κ3) is 3.22. The van der Waals surface area contributed by atoms with E-state index in [2.05, 4.69) is 0 Å². The molecule has 0 bridgehead atoms. The average molecular weight is 260 g/mol. The molecular formula is C11H11F3N2O2. The van der Waals surface area contributed by atoms with Crippen molar-refractivity contribution in [2.24, 2.45) is 0 Å². The van der Waals surface area contributed by atoms with Crippen LogP contribution in [0.3, 0.4) is 0 Å². The fourth-order valence-electron chi connectivity index (χ4n) is 1.29. The Morgan fingerprint density at radius 3 is 2.22 bits per heavy atom. The number of amides is 2. The maximum Gasteiger partial charge on any atom is 0.492 e. The molecule has 4 nitrogen and oxygen atoms in total. The molecule has 7 heteroatoms. The molecule has 0 atom stereocenters. The monoisotopic (exact) mass is 260 g/mol. The summed E-state index contributed by atoms with van der Waals surface area (Å²) in [6.07, 6.45) is -4.95. The number of carbonyl (C=O) groups is 2. The molecular weight excluding hydrogens is 249 g/mol. The van der Waals surface area contributed by atoms with E-state index in [4.69, 9.17) is 0 Å². The molecule has 0 saturated heterocycles. The van der Waals surface area contributed by atoms with E-state index < -0.39 is 28.7 Å². The molecule has 1 aromatic carbocycles. The number of hydrogen-bond donors (Lipinski definition) is 1. The first-order valence-electron chi connectivity index (χ1n) is 5.12. The standard InChI is InChI=1S/C11H11F3N2O2/c1-2-15-9(17)10(18)16(11(12,13)14)8-6-4-3-5-7-8/h3-7H,2H2,1H3,(H,15,17). The maximum absolute atomic E-state index is 12.8. The van der Waals surface area contributed by atoms with Crippen molar-refractivity contribution in [1.82, 2.24) is 5.32 Å². The SMILES string of the molecule is CCNC(=O)C(=O)N(c1ccccc1)C(F)(F)F. The van der Waals surface area contributed by atoms with Gasteiger partial charge in [0, 0.05) is 6.54 Å². The number of hydrogen-bond acceptors (Lipinski definition) is 2. The topological polar surface area (TPSA) is 49.4 Å². The number of rotatable bonds is 2. The van der Waals surface area contributed by atoms with Gasteiger partial charge in [0.25, 0.3) is 0 Å². The number of nitrogens with one attached hydrogen (secondary N) is 1. The van der Waals surface area contributed by atoms with Crippen LogP contribution in [0.25, 0.3) is 0 Å². The Morgan fingerprint density at radius 2 is 1.78 bits per heavy atom. The Morgan fingerprint density at radius 1 is 1.22 bits per heavy atom. The van der Waals surface area contributed by atoms with E-state index in [0.29, 0.717) is 0 Å². The van der Waals surface area contributed by atoms with Gasteiger partial charge < -0.3 is 5.32 Å². The van der Waals surface area contributed by atoms with E-state index in [-0.39, 0.29) is 6.54 Å². The lowest BCUT2D eigenvalue weighted by atomic mass is 10.3. The molecule has 18 heavy (non-hydrogen) atoms. The minimum Gasteiger partial charge on any atom is -0.348 e. The minimum absolute atomic E-state index is 0.0745. The van der Waals surface area contributed by atoms with E-state index in [1.807, 2.05) is 5.32 Å². The summed E-state index contributed by atoms with van der Waals surface area (Å²) in [6.45, 7) is 1.58. The lowest BCUT2D eigenvalue weighted by molar-refractivity contribution is -0.156. The van der Waals surface area contributed by atoms with Crippen LogP contribution in [0.5, 0.6) is 0 Å². The largest absolute Gasteiger partial charge is 0.492 e. The molecule has 0 aliphatic carbocycles. The zero-order chi connectivity index (χ0) is 13.8. The average Bonchev–Trinajstić information content (AvgIpc) is 2.29. The molecule has 0 aromatic heterocycles. The van der Waals surface area contributed by atoms with Crippen LogP contribution in [0, 0.1) is 0 Å². The van der Waals surface area contributed by atoms with Gasteiger partial charge in [0.1, 0.15) is 0 Å². The van der Waals surface area contributed by atoms with E-state index in [1.54, 1.807) is 0 Å². The Kier molecular flexibility index (Phi) is 4.30. The van der Waals surface area contributed by atoms with E-state index in [1.165, 1.54) is 25.1 Å². The summed E-state index contributed by atoms with van der Waals surface area (Å²) in [6, 6.07) is 6.40. The molecule has 0 spiro atoms. The Hall–Kier alpha value is -2.05. The number of anilines is 1. The van der Waals surface area contributed by atoms with Gasteiger partial charge in [-0.3, -0.25) is 9.59 Å². The fourth-order valence-corrected chi connectivity index (χ4v) is 1.29. The van der Waals surface area contributed by atoms with Crippen molar-refractivity contribution in [3.8, 4) is 0 Å². The molecule has 0 saturated carbocycles. The number of para-hydroxylation sites is 1. The molecule has 0 radical (unpaired) electrons. The number of alkyl halides is 3. The van der Waals surface area contributed by atoms with Crippen LogP contribution in [0.2, 0.25) is 0 Å². The molecule has 1 rings (SSSR count). The number of likely N-dealkylation sites (N-methyl/N-ethyl adjacent to an activating group) is 1. The Balaban J connectivity index is 3.08. The summed E-state index contributed by atoms with van der Waals surface area (Å²) < 4.78 is 38.3. The van der Waals surface area contributed by atoms with Gasteiger partial charge in [-0.15, -0.1) is 13.2 Å². The van der Waals surface area contributed by atoms with Gasteiger partial charge in [0.05, 0.1) is 5.69 Å². The third-order valence-corrected chi connectivity index (χ3v) is 2.00. The van der Waals surface area contributed by atoms with Crippen molar-refractivity contribution < 1.29 is 22.8 Å². The molecule has 2 amide bonds. The fraction of sp³-hybridized carbons (Fsp3) is 0.273. The summed E-state index contributed by atoms with van der Waals surface area (Å²) >= 11 is 0. The van der Waals surface area contributed by atoms with E-state index in [0.717, 1.165) is 12.1 Å². The number of nitrogens with zero attached hydrogens (tertiary/aromatic N) is 1. The first kappa shape index (κ1) is 14.0. The molecule has 0 aliphatic heterocycles. The van der Waals surface area contributed by atoms with E-state index in [9.17, 15) is 22.8 Å². The van der Waals surface area contributed by atoms with Gasteiger partial charge in [-0.25, -0.2) is 4.90 Å². The van der Waals surface area contributed by atoms with Crippen molar-refractivity contribution in [3.05, 3.63) is 30.3 Å². The summed E-state index contributed by atoms with van der Waals surface area (Å²) in [5.41, 5.74) is -0.402. The number of benzene rings is 1. The van der Waals surface area contributed by atoms with Crippen molar-refractivity contribution >= 4 is 17.5 Å². The Labute approximate surface area is 101 Å². The van der Waals surface area contributed by atoms with Crippen LogP contribution >= 0.6 is 0 Å². The predicted molar refractivity (Wildman–Crippen MR) is 58.7 cm³/mol. The molecule has 0 aliphatic rings. The van der Waals surface area contributed by atoms with Gasteiger partial charge in [0.15, 0.2) is 0 Å². The van der Waals surface area contributed by atoms with E-state index >= 15 is 0 Å². The lowest BCUT2D eigenvalue weighted by Crippen LogP contribution is -2.50. The summed E-state index contributed by atoms with van der Waals surface area (Å²) in [4.78, 5) is 22.2. The second kappa shape index (κ2) is 5.52. The van der Waals surface area contributed by atoms with Crippen molar-refractivity contribution in [3.63, 3.8) is 0 Å². The molecule has 0 unspecified atom stereocenters. The van der Waals surface area contributed by atoms with Crippen molar-refractivity contribution in [2.45, 2.75) is 13.2 Å². The number of carbonyl (C=O) groups excluding carboxylic acids is 2. The highest BCUT2D eigenvalue weighted by Gasteiger charge is 2.44. The van der Waals surface area contributed by atoms with Crippen molar-refractivity contribution in [1.29, 1.82) is 0 Å². The zero-order valence-corrected chi connectivity index (χ0v) is 9.49. The first-order chi connectivity index (χ1) is 8.38. The second-order valence-electron chi connectivity index (χ2n) is 3.30. The number of halogens is 3. The smallest absolute Gasteiger partial charge is 0.348 e. The molecule has 1 aromatic rings. The van der Waals surface area contributed by atoms with Crippen LogP contribution < -0.4 is 10.2 Å². The van der Waals surface area contributed by atoms with Crippen molar-refractivity contribution in [2.75, 3.05) is 11.4 Å². The van der Waals surface area contributed by atoms with Crippen LogP contribution in [0.15, 0.2) is 30.3 Å².